The Morgan fingerprint density at radius 2 is 1.16 bits per heavy atom. The number of nitrogens with two attached hydrogens (primary N) is 2. The monoisotopic (exact) mass is 966 g/mol. The van der Waals surface area contributed by atoms with Crippen molar-refractivity contribution in [1.82, 2.24) is 42.5 Å². The van der Waals surface area contributed by atoms with Crippen molar-refractivity contribution < 1.29 is 68.1 Å². The number of nitrogens with one attached hydrogen (secondary N) is 8. The highest BCUT2D eigenvalue weighted by Gasteiger charge is 2.35. The van der Waals surface area contributed by atoms with Gasteiger partial charge in [-0.05, 0) is 49.2 Å². The van der Waals surface area contributed by atoms with Gasteiger partial charge in [0, 0.05) is 12.8 Å². The second-order valence-corrected chi connectivity index (χ2v) is 17.1. The number of carboxylic acids is 2. The largest absolute Gasteiger partial charge is 0.481 e. The average Bonchev–Trinajstić information content (AvgIpc) is 3.26. The number of aliphatic hydroxyl groups is 1. The molecule has 0 spiro atoms. The predicted molar refractivity (Wildman–Crippen MR) is 243 cm³/mol. The van der Waals surface area contributed by atoms with Crippen molar-refractivity contribution in [3.05, 3.63) is 35.9 Å². The summed E-state index contributed by atoms with van der Waals surface area (Å²) in [5.41, 5.74) is 11.7. The van der Waals surface area contributed by atoms with Crippen LogP contribution in [0.3, 0.4) is 0 Å². The van der Waals surface area contributed by atoms with Crippen LogP contribution in [-0.2, 0) is 59.2 Å². The molecule has 1 rings (SSSR count). The lowest BCUT2D eigenvalue weighted by molar-refractivity contribution is -0.143. The first-order valence-corrected chi connectivity index (χ1v) is 22.9. The first-order chi connectivity index (χ1) is 31.4. The van der Waals surface area contributed by atoms with Gasteiger partial charge in [-0.2, -0.15) is 11.8 Å². The summed E-state index contributed by atoms with van der Waals surface area (Å²) in [5, 5.41) is 47.2. The average molecular weight is 967 g/mol. The van der Waals surface area contributed by atoms with Crippen molar-refractivity contribution in [1.29, 1.82) is 0 Å². The van der Waals surface area contributed by atoms with Crippen LogP contribution in [0.5, 0.6) is 0 Å². The maximum atomic E-state index is 13.9. The first kappa shape index (κ1) is 58.7. The third-order valence-corrected chi connectivity index (χ3v) is 10.8. The number of carbonyl (C=O) groups excluding carboxylic acids is 9. The fraction of sp³-hybridized carbons (Fsp3) is 0.595. The molecule has 0 heterocycles. The topological polar surface area (TPSA) is 397 Å². The molecule has 24 nitrogen and oxygen atoms in total. The number of aliphatic carboxylic acids is 2. The summed E-state index contributed by atoms with van der Waals surface area (Å²) in [5.74, 6) is -12.0. The molecule has 0 saturated heterocycles. The van der Waals surface area contributed by atoms with E-state index in [1.54, 1.807) is 64.3 Å². The summed E-state index contributed by atoms with van der Waals surface area (Å²) < 4.78 is 0. The molecule has 67 heavy (non-hydrogen) atoms. The molecule has 0 saturated carbocycles. The summed E-state index contributed by atoms with van der Waals surface area (Å²) in [6.07, 6.45) is 0.164. The number of hydrogen-bond acceptors (Lipinski definition) is 14. The number of carbonyl (C=O) groups is 11. The van der Waals surface area contributed by atoms with Gasteiger partial charge in [0.1, 0.15) is 42.3 Å². The standard InChI is InChI=1S/C42H66N10O14S/c1-7-22(4)34(41(64)47-26(15-16-67-6)36(59)49-28(18-30(44)54)38(61)50-29(20-53)42(65)66)52-37(60)25(13-14-32(56)57)46-31(55)19-45-40(63)33(21(2)3)51-39(62)27(48-35(58)23(5)43)17-24-11-9-8-10-12-24/h8-12,21-23,25-29,33-34,53H,7,13-20,43H2,1-6H3,(H2,44,54)(H,45,63)(H,46,55)(H,47,64)(H,48,58)(H,49,59)(H,50,61)(H,51,62)(H,52,60)(H,56,57)(H,65,66)/t22-,23-,25-,26-,27-,28-,29-,33-,34-/m0/s1. The second kappa shape index (κ2) is 30.0. The maximum absolute atomic E-state index is 13.9. The molecule has 1 aromatic rings. The summed E-state index contributed by atoms with van der Waals surface area (Å²) >= 11 is 1.29. The Balaban J connectivity index is 3.25. The van der Waals surface area contributed by atoms with Crippen LogP contribution in [0.1, 0.15) is 72.3 Å². The minimum absolute atomic E-state index is 0.0397. The number of hydrogen-bond donors (Lipinski definition) is 13. The van der Waals surface area contributed by atoms with Gasteiger partial charge in [-0.25, -0.2) is 4.79 Å². The number of amides is 9. The zero-order valence-corrected chi connectivity index (χ0v) is 39.2. The van der Waals surface area contributed by atoms with Gasteiger partial charge in [0.2, 0.25) is 53.2 Å². The number of primary amides is 1. The fourth-order valence-electron chi connectivity index (χ4n) is 6.07. The Morgan fingerprint density at radius 1 is 0.642 bits per heavy atom. The Hall–Kier alpha value is -6.34. The number of rotatable bonds is 31. The molecule has 0 radical (unpaired) electrons. The van der Waals surface area contributed by atoms with E-state index in [4.69, 9.17) is 11.5 Å². The number of thioether (sulfide) groups is 1. The van der Waals surface area contributed by atoms with E-state index in [-0.39, 0.29) is 25.0 Å². The Morgan fingerprint density at radius 3 is 1.69 bits per heavy atom. The molecule has 0 aliphatic carbocycles. The quantitative estimate of drug-likeness (QED) is 0.0341. The van der Waals surface area contributed by atoms with E-state index in [1.165, 1.54) is 18.7 Å². The lowest BCUT2D eigenvalue weighted by Gasteiger charge is -2.29. The van der Waals surface area contributed by atoms with Crippen molar-refractivity contribution in [3.8, 4) is 0 Å². The molecular weight excluding hydrogens is 901 g/mol. The van der Waals surface area contributed by atoms with Crippen LogP contribution in [-0.4, -0.2) is 154 Å². The van der Waals surface area contributed by atoms with E-state index >= 15 is 0 Å². The zero-order chi connectivity index (χ0) is 51.0. The van der Waals surface area contributed by atoms with Crippen molar-refractivity contribution in [2.24, 2.45) is 23.3 Å². The van der Waals surface area contributed by atoms with Crippen LogP contribution < -0.4 is 54.0 Å². The number of carboxylic acid groups (broad SMARTS) is 2. The number of benzene rings is 1. The summed E-state index contributed by atoms with van der Waals surface area (Å²) in [6.45, 7) is 6.23. The van der Waals surface area contributed by atoms with Gasteiger partial charge in [-0.1, -0.05) is 64.4 Å². The van der Waals surface area contributed by atoms with Crippen LogP contribution >= 0.6 is 11.8 Å². The van der Waals surface area contributed by atoms with Crippen LogP contribution in [0, 0.1) is 11.8 Å². The second-order valence-electron chi connectivity index (χ2n) is 16.1. The van der Waals surface area contributed by atoms with Gasteiger partial charge in [0.15, 0.2) is 0 Å². The minimum atomic E-state index is -1.78. The lowest BCUT2D eigenvalue weighted by Crippen LogP contribution is -2.60. The van der Waals surface area contributed by atoms with E-state index in [2.05, 4.69) is 37.2 Å². The minimum Gasteiger partial charge on any atom is -0.481 e. The van der Waals surface area contributed by atoms with Crippen LogP contribution in [0.25, 0.3) is 0 Å². The molecule has 374 valence electrons. The molecule has 25 heteroatoms. The summed E-state index contributed by atoms with van der Waals surface area (Å²) in [7, 11) is 0. The van der Waals surface area contributed by atoms with E-state index in [0.717, 1.165) is 0 Å². The highest BCUT2D eigenvalue weighted by Crippen LogP contribution is 2.12. The van der Waals surface area contributed by atoms with Gasteiger partial charge in [-0.3, -0.25) is 47.9 Å². The van der Waals surface area contributed by atoms with Crippen molar-refractivity contribution >= 4 is 76.9 Å². The molecule has 9 amide bonds. The summed E-state index contributed by atoms with van der Waals surface area (Å²) in [4.78, 5) is 141. The Bertz CT molecular complexity index is 1890. The smallest absolute Gasteiger partial charge is 0.328 e. The SMILES string of the molecule is CC[C@H](C)[C@H](NC(=O)[C@H](CCC(=O)O)NC(=O)CNC(=O)[C@@H](NC(=O)[C@H](Cc1ccccc1)NC(=O)[C@H](C)N)C(C)C)C(=O)N[C@@H](CCSC)C(=O)N[C@@H](CC(N)=O)C(=O)N[C@@H](CO)C(=O)O. The molecule has 0 aliphatic heterocycles. The molecule has 0 bridgehead atoms. The lowest BCUT2D eigenvalue weighted by atomic mass is 9.97. The normalized spacial score (nSPS) is 15.0. The van der Waals surface area contributed by atoms with Crippen molar-refractivity contribution in [3.63, 3.8) is 0 Å². The highest BCUT2D eigenvalue weighted by atomic mass is 32.2. The molecule has 0 aliphatic rings. The van der Waals surface area contributed by atoms with E-state index < -0.39 is 158 Å². The number of aliphatic hydroxyl groups excluding tert-OH is 1. The van der Waals surface area contributed by atoms with Crippen LogP contribution in [0.15, 0.2) is 30.3 Å². The van der Waals surface area contributed by atoms with E-state index in [0.29, 0.717) is 5.56 Å². The van der Waals surface area contributed by atoms with Gasteiger partial charge in [-0.15, -0.1) is 0 Å². The molecule has 0 aromatic heterocycles. The fourth-order valence-corrected chi connectivity index (χ4v) is 6.54. The third kappa shape index (κ3) is 21.7. The Kier molecular flexibility index (Phi) is 26.3. The van der Waals surface area contributed by atoms with Gasteiger partial charge in [0.05, 0.1) is 25.6 Å². The molecule has 0 fully saturated rings. The van der Waals surface area contributed by atoms with Gasteiger partial charge in [0.25, 0.3) is 0 Å². The van der Waals surface area contributed by atoms with Crippen LogP contribution in [0.2, 0.25) is 0 Å². The molecule has 9 atom stereocenters. The Labute approximate surface area is 392 Å². The van der Waals surface area contributed by atoms with E-state index in [1.807, 2.05) is 5.32 Å². The molecule has 15 N–H and O–H groups in total. The molecule has 1 aromatic carbocycles. The molecular formula is C42H66N10O14S. The van der Waals surface area contributed by atoms with Gasteiger partial charge >= 0.3 is 11.9 Å². The third-order valence-electron chi connectivity index (χ3n) is 10.2. The first-order valence-electron chi connectivity index (χ1n) is 21.5. The predicted octanol–water partition coefficient (Wildman–Crippen LogP) is -3.64. The van der Waals surface area contributed by atoms with Crippen molar-refractivity contribution in [2.75, 3.05) is 25.2 Å². The zero-order valence-electron chi connectivity index (χ0n) is 38.4. The van der Waals surface area contributed by atoms with E-state index in [9.17, 15) is 68.1 Å². The highest BCUT2D eigenvalue weighted by molar-refractivity contribution is 7.98. The maximum Gasteiger partial charge on any atom is 0.328 e. The van der Waals surface area contributed by atoms with Crippen molar-refractivity contribution in [2.45, 2.75) is 121 Å². The van der Waals surface area contributed by atoms with Gasteiger partial charge < -0.3 is 69.3 Å². The summed E-state index contributed by atoms with van der Waals surface area (Å²) in [6, 6.07) is -2.36. The molecule has 0 unspecified atom stereocenters. The van der Waals surface area contributed by atoms with Crippen LogP contribution in [0.4, 0.5) is 0 Å².